The fourth-order valence-corrected chi connectivity index (χ4v) is 4.56. The van der Waals surface area contributed by atoms with Gasteiger partial charge in [-0.1, -0.05) is 44.0 Å². The number of amides is 4. The molecule has 0 radical (unpaired) electrons. The second kappa shape index (κ2) is 11.4. The summed E-state index contributed by atoms with van der Waals surface area (Å²) in [5, 5.41) is 2.23. The zero-order valence-corrected chi connectivity index (χ0v) is 23.6. The Bertz CT molecular complexity index is 1360. The van der Waals surface area contributed by atoms with Crippen LogP contribution in [0.3, 0.4) is 0 Å². The number of carbonyl (C=O) groups excluding carboxylic acids is 3. The number of carbonyl (C=O) groups is 3. The molecule has 184 valence electrons. The number of nitrogens with zero attached hydrogens (tertiary/aromatic N) is 1. The molecule has 1 fully saturated rings. The van der Waals surface area contributed by atoms with E-state index in [9.17, 15) is 14.4 Å². The van der Waals surface area contributed by atoms with Crippen LogP contribution in [0, 0.1) is 0 Å². The smallest absolute Gasteiger partial charge is 0.335 e. The molecular weight excluding hydrogens is 660 g/mol. The maximum absolute atomic E-state index is 13.2. The SMILES string of the molecule is CCOc1cc(/C=C2\C(=O)NC(=O)N(c3ccc(Br)cc3)C2=O)cc(Br)c1OCc1ccc(Br)cc1. The monoisotopic (exact) mass is 676 g/mol. The van der Waals surface area contributed by atoms with Crippen molar-refractivity contribution in [3.05, 3.63) is 90.8 Å². The van der Waals surface area contributed by atoms with Gasteiger partial charge in [0, 0.05) is 8.95 Å². The van der Waals surface area contributed by atoms with E-state index in [0.29, 0.717) is 40.4 Å². The van der Waals surface area contributed by atoms with Gasteiger partial charge in [0.25, 0.3) is 11.8 Å². The molecule has 0 bridgehead atoms. The highest BCUT2D eigenvalue weighted by molar-refractivity contribution is 9.11. The average molecular weight is 679 g/mol. The van der Waals surface area contributed by atoms with Crippen LogP contribution in [0.15, 0.2) is 79.7 Å². The molecule has 1 aliphatic rings. The Balaban J connectivity index is 1.65. The Morgan fingerprint density at radius 2 is 1.53 bits per heavy atom. The number of halogens is 3. The fourth-order valence-electron chi connectivity index (χ4n) is 3.46. The molecule has 0 saturated carbocycles. The van der Waals surface area contributed by atoms with E-state index in [2.05, 4.69) is 53.1 Å². The number of urea groups is 1. The van der Waals surface area contributed by atoms with Crippen molar-refractivity contribution < 1.29 is 23.9 Å². The zero-order valence-electron chi connectivity index (χ0n) is 18.9. The summed E-state index contributed by atoms with van der Waals surface area (Å²) in [5.74, 6) is -0.563. The predicted molar refractivity (Wildman–Crippen MR) is 147 cm³/mol. The second-order valence-corrected chi connectivity index (χ2v) is 10.3. The largest absolute Gasteiger partial charge is 0.490 e. The molecule has 7 nitrogen and oxygen atoms in total. The number of nitrogens with one attached hydrogen (secondary N) is 1. The maximum Gasteiger partial charge on any atom is 0.335 e. The number of benzene rings is 3. The van der Waals surface area contributed by atoms with Gasteiger partial charge in [0.15, 0.2) is 11.5 Å². The summed E-state index contributed by atoms with van der Waals surface area (Å²) in [6.45, 7) is 2.54. The molecule has 0 spiro atoms. The van der Waals surface area contributed by atoms with Gasteiger partial charge in [-0.2, -0.15) is 0 Å². The average Bonchev–Trinajstić information content (AvgIpc) is 2.83. The third-order valence-corrected chi connectivity index (χ3v) is 6.77. The van der Waals surface area contributed by atoms with Gasteiger partial charge >= 0.3 is 6.03 Å². The van der Waals surface area contributed by atoms with Crippen molar-refractivity contribution in [2.75, 3.05) is 11.5 Å². The van der Waals surface area contributed by atoms with E-state index in [4.69, 9.17) is 9.47 Å². The van der Waals surface area contributed by atoms with E-state index in [-0.39, 0.29) is 5.57 Å². The Labute approximate surface area is 232 Å². The lowest BCUT2D eigenvalue weighted by atomic mass is 10.1. The molecule has 1 N–H and O–H groups in total. The Morgan fingerprint density at radius 1 is 0.889 bits per heavy atom. The van der Waals surface area contributed by atoms with Gasteiger partial charge in [-0.3, -0.25) is 14.9 Å². The quantitative estimate of drug-likeness (QED) is 0.224. The van der Waals surface area contributed by atoms with Crippen molar-refractivity contribution in [3.8, 4) is 11.5 Å². The third kappa shape index (κ3) is 5.88. The number of imide groups is 2. The molecule has 1 heterocycles. The van der Waals surface area contributed by atoms with Crippen LogP contribution in [0.2, 0.25) is 0 Å². The molecule has 0 atom stereocenters. The van der Waals surface area contributed by atoms with Crippen LogP contribution >= 0.6 is 47.8 Å². The number of rotatable bonds is 7. The van der Waals surface area contributed by atoms with E-state index in [0.717, 1.165) is 19.4 Å². The van der Waals surface area contributed by atoms with Crippen LogP contribution in [0.5, 0.6) is 11.5 Å². The molecule has 0 unspecified atom stereocenters. The molecule has 0 aromatic heterocycles. The zero-order chi connectivity index (χ0) is 25.8. The van der Waals surface area contributed by atoms with E-state index in [1.807, 2.05) is 31.2 Å². The van der Waals surface area contributed by atoms with Gasteiger partial charge in [0.05, 0.1) is 16.8 Å². The van der Waals surface area contributed by atoms with E-state index >= 15 is 0 Å². The number of hydrogen-bond acceptors (Lipinski definition) is 5. The van der Waals surface area contributed by atoms with Crippen molar-refractivity contribution in [2.24, 2.45) is 0 Å². The first-order valence-electron chi connectivity index (χ1n) is 10.8. The first-order valence-corrected chi connectivity index (χ1v) is 13.2. The minimum atomic E-state index is -0.808. The Hall–Kier alpha value is -2.95. The van der Waals surface area contributed by atoms with Gasteiger partial charge in [-0.25, -0.2) is 9.69 Å². The first-order chi connectivity index (χ1) is 17.3. The number of ether oxygens (including phenoxy) is 2. The summed E-state index contributed by atoms with van der Waals surface area (Å²) in [5.41, 5.74) is 1.65. The molecule has 36 heavy (non-hydrogen) atoms. The first kappa shape index (κ1) is 26.1. The standard InChI is InChI=1S/C26H19Br3N2O5/c1-2-35-22-13-16(12-21(29)23(22)36-14-15-3-5-17(27)6-4-15)11-20-24(32)30-26(34)31(25(20)33)19-9-7-18(28)8-10-19/h3-13H,2,14H2,1H3,(H,30,32,34)/b20-11+. The Kier molecular flexibility index (Phi) is 8.28. The molecule has 3 aromatic carbocycles. The van der Waals surface area contributed by atoms with Crippen molar-refractivity contribution in [1.82, 2.24) is 5.32 Å². The van der Waals surface area contributed by atoms with Gasteiger partial charge in [0.2, 0.25) is 0 Å². The normalized spacial score (nSPS) is 14.7. The molecular formula is C26H19Br3N2O5. The number of barbiturate groups is 1. The maximum atomic E-state index is 13.2. The lowest BCUT2D eigenvalue weighted by Crippen LogP contribution is -2.54. The summed E-state index contributed by atoms with van der Waals surface area (Å²) in [6.07, 6.45) is 1.42. The molecule has 10 heteroatoms. The van der Waals surface area contributed by atoms with Gasteiger partial charge < -0.3 is 9.47 Å². The molecule has 3 aromatic rings. The second-order valence-electron chi connectivity index (χ2n) is 7.61. The van der Waals surface area contributed by atoms with E-state index in [1.54, 1.807) is 36.4 Å². The summed E-state index contributed by atoms with van der Waals surface area (Å²) in [6, 6.07) is 17.0. The number of anilines is 1. The van der Waals surface area contributed by atoms with Crippen molar-refractivity contribution in [2.45, 2.75) is 13.5 Å². The highest BCUT2D eigenvalue weighted by Crippen LogP contribution is 2.38. The van der Waals surface area contributed by atoms with Crippen LogP contribution in [-0.4, -0.2) is 24.5 Å². The molecule has 4 amide bonds. The topological polar surface area (TPSA) is 84.9 Å². The van der Waals surface area contributed by atoms with Gasteiger partial charge in [-0.15, -0.1) is 0 Å². The van der Waals surface area contributed by atoms with Crippen LogP contribution in [0.25, 0.3) is 6.08 Å². The minimum Gasteiger partial charge on any atom is -0.490 e. The van der Waals surface area contributed by atoms with Crippen LogP contribution < -0.4 is 19.7 Å². The van der Waals surface area contributed by atoms with Crippen molar-refractivity contribution in [1.29, 1.82) is 0 Å². The van der Waals surface area contributed by atoms with Gasteiger partial charge in [0.1, 0.15) is 12.2 Å². The summed E-state index contributed by atoms with van der Waals surface area (Å²) < 4.78 is 14.2. The molecule has 1 saturated heterocycles. The third-order valence-electron chi connectivity index (χ3n) is 5.13. The molecule has 0 aliphatic carbocycles. The minimum absolute atomic E-state index is 0.185. The van der Waals surface area contributed by atoms with Crippen LogP contribution in [0.1, 0.15) is 18.1 Å². The van der Waals surface area contributed by atoms with Gasteiger partial charge in [-0.05, 0) is 88.6 Å². The summed E-state index contributed by atoms with van der Waals surface area (Å²) in [4.78, 5) is 39.1. The highest BCUT2D eigenvalue weighted by Gasteiger charge is 2.36. The van der Waals surface area contributed by atoms with E-state index in [1.165, 1.54) is 6.08 Å². The summed E-state index contributed by atoms with van der Waals surface area (Å²) in [7, 11) is 0. The lowest BCUT2D eigenvalue weighted by molar-refractivity contribution is -0.122. The molecule has 1 aliphatic heterocycles. The van der Waals surface area contributed by atoms with E-state index < -0.39 is 17.8 Å². The number of hydrogen-bond donors (Lipinski definition) is 1. The van der Waals surface area contributed by atoms with Crippen LogP contribution in [-0.2, 0) is 16.2 Å². The summed E-state index contributed by atoms with van der Waals surface area (Å²) >= 11 is 10.3. The van der Waals surface area contributed by atoms with Crippen LogP contribution in [0.4, 0.5) is 10.5 Å². The Morgan fingerprint density at radius 3 is 2.17 bits per heavy atom. The highest BCUT2D eigenvalue weighted by atomic mass is 79.9. The predicted octanol–water partition coefficient (Wildman–Crippen LogP) is 6.62. The fraction of sp³-hybridized carbons (Fsp3) is 0.115. The van der Waals surface area contributed by atoms with Crippen molar-refractivity contribution in [3.63, 3.8) is 0 Å². The lowest BCUT2D eigenvalue weighted by Gasteiger charge is -2.26. The molecule has 4 rings (SSSR count). The van der Waals surface area contributed by atoms with Crippen molar-refractivity contribution >= 4 is 77.4 Å².